The number of hydrogen-bond donors (Lipinski definition) is 1. The highest BCUT2D eigenvalue weighted by Crippen LogP contribution is 2.36. The zero-order chi connectivity index (χ0) is 20.8. The second-order valence-electron chi connectivity index (χ2n) is 6.17. The van der Waals surface area contributed by atoms with Crippen LogP contribution >= 0.6 is 55.1 Å². The molecule has 0 fully saturated rings. The normalized spacial score (nSPS) is 10.7. The maximum Gasteiger partial charge on any atom is 0.162 e. The second kappa shape index (κ2) is 10.6. The van der Waals surface area contributed by atoms with Crippen LogP contribution in [0.2, 0.25) is 10.0 Å². The molecule has 0 amide bonds. The molecule has 0 saturated carbocycles. The minimum absolute atomic E-state index is 0.251. The Balaban J connectivity index is 1.77. The topological polar surface area (TPSA) is 30.5 Å². The second-order valence-corrected chi connectivity index (χ2v) is 8.76. The van der Waals surface area contributed by atoms with Gasteiger partial charge < -0.3 is 14.8 Å². The summed E-state index contributed by atoms with van der Waals surface area (Å²) in [6.07, 6.45) is 0. The molecule has 0 aliphatic rings. The molecule has 0 unspecified atom stereocenters. The van der Waals surface area contributed by atoms with Crippen LogP contribution in [0.25, 0.3) is 0 Å². The first-order valence-corrected chi connectivity index (χ1v) is 11.3. The third-order valence-corrected chi connectivity index (χ3v) is 6.15. The zero-order valence-corrected chi connectivity index (χ0v) is 20.3. The molecule has 0 radical (unpaired) electrons. The maximum atomic E-state index is 6.25. The van der Waals surface area contributed by atoms with E-state index in [1.807, 2.05) is 49.4 Å². The lowest BCUT2D eigenvalue weighted by Gasteiger charge is -2.16. The number of hydrogen-bond acceptors (Lipinski definition) is 3. The molecule has 3 aromatic carbocycles. The first kappa shape index (κ1) is 22.3. The van der Waals surface area contributed by atoms with Gasteiger partial charge in [-0.2, -0.15) is 0 Å². The smallest absolute Gasteiger partial charge is 0.162 e. The third-order valence-electron chi connectivity index (χ3n) is 4.17. The Bertz CT molecular complexity index is 961. The van der Waals surface area contributed by atoms with E-state index in [1.54, 1.807) is 12.1 Å². The Hall–Kier alpha value is -1.40. The van der Waals surface area contributed by atoms with Crippen molar-refractivity contribution in [3.8, 4) is 11.5 Å². The molecule has 1 N–H and O–H groups in total. The molecule has 0 heterocycles. The van der Waals surface area contributed by atoms with Gasteiger partial charge in [-0.05, 0) is 61.0 Å². The van der Waals surface area contributed by atoms with Crippen molar-refractivity contribution in [2.24, 2.45) is 0 Å². The number of halogens is 4. The molecular formula is C22H19Br2Cl2NO2. The lowest BCUT2D eigenvalue weighted by molar-refractivity contribution is 0.269. The van der Waals surface area contributed by atoms with Crippen LogP contribution in [0.5, 0.6) is 11.5 Å². The van der Waals surface area contributed by atoms with E-state index in [-0.39, 0.29) is 6.61 Å². The summed E-state index contributed by atoms with van der Waals surface area (Å²) in [7, 11) is 0. The molecule has 0 aliphatic carbocycles. The summed E-state index contributed by atoms with van der Waals surface area (Å²) in [6, 6.07) is 17.3. The van der Waals surface area contributed by atoms with Gasteiger partial charge in [0.15, 0.2) is 11.5 Å². The van der Waals surface area contributed by atoms with Gasteiger partial charge in [0.25, 0.3) is 0 Å². The first-order chi connectivity index (χ1) is 14.0. The Morgan fingerprint density at radius 3 is 2.21 bits per heavy atom. The zero-order valence-electron chi connectivity index (χ0n) is 15.6. The number of ether oxygens (including phenoxy) is 2. The van der Waals surface area contributed by atoms with Gasteiger partial charge in [-0.1, -0.05) is 61.1 Å². The fourth-order valence-corrected chi connectivity index (χ4v) is 3.91. The quantitative estimate of drug-likeness (QED) is 0.302. The van der Waals surface area contributed by atoms with Crippen molar-refractivity contribution in [2.75, 3.05) is 11.9 Å². The van der Waals surface area contributed by atoms with Crippen molar-refractivity contribution in [2.45, 2.75) is 20.1 Å². The van der Waals surface area contributed by atoms with E-state index in [0.29, 0.717) is 34.7 Å². The molecule has 152 valence electrons. The van der Waals surface area contributed by atoms with Gasteiger partial charge in [-0.15, -0.1) is 0 Å². The Labute approximate surface area is 197 Å². The summed E-state index contributed by atoms with van der Waals surface area (Å²) in [5, 5.41) is 4.56. The van der Waals surface area contributed by atoms with Crippen LogP contribution in [0, 0.1) is 0 Å². The van der Waals surface area contributed by atoms with E-state index >= 15 is 0 Å². The highest BCUT2D eigenvalue weighted by molar-refractivity contribution is 9.10. The van der Waals surface area contributed by atoms with Gasteiger partial charge >= 0.3 is 0 Å². The molecule has 0 saturated heterocycles. The minimum atomic E-state index is 0.251. The van der Waals surface area contributed by atoms with Crippen molar-refractivity contribution in [3.63, 3.8) is 0 Å². The molecule has 3 nitrogen and oxygen atoms in total. The SMILES string of the molecule is CCOc1cc(CNc2ccc(Br)cc2)c(Br)cc1OCc1c(Cl)cccc1Cl. The van der Waals surface area contributed by atoms with Gasteiger partial charge in [0.1, 0.15) is 6.61 Å². The van der Waals surface area contributed by atoms with Crippen molar-refractivity contribution in [1.29, 1.82) is 0 Å². The third kappa shape index (κ3) is 6.05. The summed E-state index contributed by atoms with van der Waals surface area (Å²) >= 11 is 19.6. The van der Waals surface area contributed by atoms with Gasteiger partial charge in [-0.25, -0.2) is 0 Å². The van der Waals surface area contributed by atoms with E-state index < -0.39 is 0 Å². The van der Waals surface area contributed by atoms with Crippen LogP contribution in [-0.2, 0) is 13.2 Å². The summed E-state index contributed by atoms with van der Waals surface area (Å²) in [4.78, 5) is 0. The highest BCUT2D eigenvalue weighted by atomic mass is 79.9. The molecule has 0 atom stereocenters. The molecule has 29 heavy (non-hydrogen) atoms. The van der Waals surface area contributed by atoms with Crippen molar-refractivity contribution < 1.29 is 9.47 Å². The average molecular weight is 560 g/mol. The lowest BCUT2D eigenvalue weighted by atomic mass is 10.2. The average Bonchev–Trinajstić information content (AvgIpc) is 2.69. The van der Waals surface area contributed by atoms with E-state index in [0.717, 1.165) is 25.8 Å². The number of nitrogens with one attached hydrogen (secondary N) is 1. The van der Waals surface area contributed by atoms with E-state index in [9.17, 15) is 0 Å². The Kier molecular flexibility index (Phi) is 8.13. The molecule has 0 spiro atoms. The number of benzene rings is 3. The fourth-order valence-electron chi connectivity index (χ4n) is 2.68. The summed E-state index contributed by atoms with van der Waals surface area (Å²) in [5.41, 5.74) is 2.83. The molecule has 7 heteroatoms. The molecule has 3 rings (SSSR count). The summed E-state index contributed by atoms with van der Waals surface area (Å²) in [5.74, 6) is 1.30. The van der Waals surface area contributed by atoms with Crippen LogP contribution in [0.15, 0.2) is 63.5 Å². The van der Waals surface area contributed by atoms with E-state index in [2.05, 4.69) is 37.2 Å². The van der Waals surface area contributed by atoms with Crippen LogP contribution in [0.1, 0.15) is 18.1 Å². The fraction of sp³-hybridized carbons (Fsp3) is 0.182. The molecule has 0 aromatic heterocycles. The van der Waals surface area contributed by atoms with Crippen molar-refractivity contribution in [1.82, 2.24) is 0 Å². The predicted molar refractivity (Wildman–Crippen MR) is 128 cm³/mol. The minimum Gasteiger partial charge on any atom is -0.490 e. The lowest BCUT2D eigenvalue weighted by Crippen LogP contribution is -2.04. The maximum absolute atomic E-state index is 6.25. The predicted octanol–water partition coefficient (Wildman–Crippen LogP) is 8.11. The Morgan fingerprint density at radius 1 is 0.897 bits per heavy atom. The van der Waals surface area contributed by atoms with Gasteiger partial charge in [0.2, 0.25) is 0 Å². The monoisotopic (exact) mass is 557 g/mol. The number of rotatable bonds is 8. The van der Waals surface area contributed by atoms with E-state index in [4.69, 9.17) is 32.7 Å². The number of anilines is 1. The van der Waals surface area contributed by atoms with Gasteiger partial charge in [0.05, 0.1) is 6.61 Å². The van der Waals surface area contributed by atoms with Crippen molar-refractivity contribution >= 4 is 60.7 Å². The van der Waals surface area contributed by atoms with Crippen LogP contribution < -0.4 is 14.8 Å². The summed E-state index contributed by atoms with van der Waals surface area (Å²) in [6.45, 7) is 3.36. The highest BCUT2D eigenvalue weighted by Gasteiger charge is 2.13. The molecule has 0 bridgehead atoms. The molecule has 3 aromatic rings. The standard InChI is InChI=1S/C22H19Br2Cl2NO2/c1-2-28-21-10-14(12-27-16-8-6-15(23)7-9-16)18(24)11-22(21)29-13-17-19(25)4-3-5-20(17)26/h3-11,27H,2,12-13H2,1H3. The Morgan fingerprint density at radius 2 is 1.55 bits per heavy atom. The summed E-state index contributed by atoms with van der Waals surface area (Å²) < 4.78 is 13.8. The van der Waals surface area contributed by atoms with Crippen LogP contribution in [0.4, 0.5) is 5.69 Å². The first-order valence-electron chi connectivity index (χ1n) is 8.98. The molecule has 0 aliphatic heterocycles. The van der Waals surface area contributed by atoms with Crippen LogP contribution in [0.3, 0.4) is 0 Å². The van der Waals surface area contributed by atoms with Gasteiger partial charge in [0, 0.05) is 36.8 Å². The van der Waals surface area contributed by atoms with Gasteiger partial charge in [-0.3, -0.25) is 0 Å². The largest absolute Gasteiger partial charge is 0.490 e. The van der Waals surface area contributed by atoms with E-state index in [1.165, 1.54) is 0 Å². The molecular weight excluding hydrogens is 541 g/mol. The van der Waals surface area contributed by atoms with Crippen LogP contribution in [-0.4, -0.2) is 6.61 Å². The van der Waals surface area contributed by atoms with Crippen molar-refractivity contribution in [3.05, 3.63) is 84.7 Å².